The Balaban J connectivity index is 2.18. The number of nitrogens with zero attached hydrogens (tertiary/aromatic N) is 3. The Labute approximate surface area is 127 Å². The number of nitrogens with one attached hydrogen (secondary N) is 1. The second-order valence-electron chi connectivity index (χ2n) is 5.29. The normalized spacial score (nSPS) is 20.5. The Morgan fingerprint density at radius 3 is 2.59 bits per heavy atom. The summed E-state index contributed by atoms with van der Waals surface area (Å²) in [6.07, 6.45) is 1.39. The van der Waals surface area contributed by atoms with E-state index in [1.54, 1.807) is 30.5 Å². The SMILES string of the molecule is CC1=NOC(C)C1n1c(C(=N)N)cnc1-c1ccc(O)cc1. The Hall–Kier alpha value is -2.83. The third-order valence-electron chi connectivity index (χ3n) is 3.71. The number of hydrogen-bond acceptors (Lipinski definition) is 5. The molecule has 22 heavy (non-hydrogen) atoms. The second-order valence-corrected chi connectivity index (χ2v) is 5.29. The van der Waals surface area contributed by atoms with Crippen molar-refractivity contribution >= 4 is 11.5 Å². The average molecular weight is 299 g/mol. The largest absolute Gasteiger partial charge is 0.508 e. The van der Waals surface area contributed by atoms with Gasteiger partial charge in [-0.25, -0.2) is 4.98 Å². The molecule has 1 aliphatic heterocycles. The van der Waals surface area contributed by atoms with Crippen LogP contribution in [0.15, 0.2) is 35.6 Å². The predicted octanol–water partition coefficient (Wildman–Crippen LogP) is 1.88. The summed E-state index contributed by atoms with van der Waals surface area (Å²) in [6, 6.07) is 6.55. The maximum absolute atomic E-state index is 9.44. The van der Waals surface area contributed by atoms with Gasteiger partial charge in [0.2, 0.25) is 0 Å². The summed E-state index contributed by atoms with van der Waals surface area (Å²) in [6.45, 7) is 3.79. The number of phenolic OH excluding ortho intramolecular Hbond substituents is 1. The highest BCUT2D eigenvalue weighted by Gasteiger charge is 2.33. The van der Waals surface area contributed by atoms with Crippen LogP contribution in [0.4, 0.5) is 0 Å². The van der Waals surface area contributed by atoms with Gasteiger partial charge in [-0.05, 0) is 38.1 Å². The Kier molecular flexibility index (Phi) is 3.32. The first-order valence-electron chi connectivity index (χ1n) is 6.90. The molecule has 1 aromatic heterocycles. The monoisotopic (exact) mass is 299 g/mol. The third-order valence-corrected chi connectivity index (χ3v) is 3.71. The van der Waals surface area contributed by atoms with Gasteiger partial charge in [0.05, 0.1) is 11.9 Å². The first kappa shape index (κ1) is 14.1. The van der Waals surface area contributed by atoms with Crippen molar-refractivity contribution in [2.75, 3.05) is 0 Å². The Morgan fingerprint density at radius 2 is 2.05 bits per heavy atom. The van der Waals surface area contributed by atoms with E-state index in [1.165, 1.54) is 0 Å². The molecule has 4 N–H and O–H groups in total. The van der Waals surface area contributed by atoms with Crippen LogP contribution in [-0.2, 0) is 4.84 Å². The lowest BCUT2D eigenvalue weighted by Gasteiger charge is -2.21. The van der Waals surface area contributed by atoms with Gasteiger partial charge in [0.25, 0.3) is 0 Å². The highest BCUT2D eigenvalue weighted by molar-refractivity contribution is 5.96. The average Bonchev–Trinajstić information content (AvgIpc) is 3.03. The minimum absolute atomic E-state index is 0.0653. The fraction of sp³-hybridized carbons (Fsp3) is 0.267. The number of nitrogens with two attached hydrogens (primary N) is 1. The smallest absolute Gasteiger partial charge is 0.150 e. The molecule has 2 unspecified atom stereocenters. The van der Waals surface area contributed by atoms with Crippen LogP contribution >= 0.6 is 0 Å². The van der Waals surface area contributed by atoms with Crippen molar-refractivity contribution in [1.29, 1.82) is 5.41 Å². The molecule has 0 saturated heterocycles. The highest BCUT2D eigenvalue weighted by atomic mass is 16.6. The number of oxime groups is 1. The van der Waals surface area contributed by atoms with Crippen molar-refractivity contribution in [3.8, 4) is 17.1 Å². The van der Waals surface area contributed by atoms with E-state index in [4.69, 9.17) is 16.0 Å². The van der Waals surface area contributed by atoms with Gasteiger partial charge in [0, 0.05) is 5.56 Å². The van der Waals surface area contributed by atoms with Gasteiger partial charge in [0.15, 0.2) is 6.10 Å². The van der Waals surface area contributed by atoms with Gasteiger partial charge in [-0.2, -0.15) is 0 Å². The highest BCUT2D eigenvalue weighted by Crippen LogP contribution is 2.31. The summed E-state index contributed by atoms with van der Waals surface area (Å²) in [5.74, 6) is 0.774. The number of rotatable bonds is 3. The number of benzene rings is 1. The van der Waals surface area contributed by atoms with Crippen LogP contribution in [0.25, 0.3) is 11.4 Å². The van der Waals surface area contributed by atoms with Crippen molar-refractivity contribution in [2.45, 2.75) is 26.0 Å². The van der Waals surface area contributed by atoms with Crippen LogP contribution in [0.3, 0.4) is 0 Å². The van der Waals surface area contributed by atoms with E-state index in [1.807, 2.05) is 18.4 Å². The molecule has 1 aromatic carbocycles. The van der Waals surface area contributed by atoms with E-state index in [-0.39, 0.29) is 23.7 Å². The Bertz CT molecular complexity index is 748. The number of imidazole rings is 1. The molecule has 0 spiro atoms. The molecule has 0 aliphatic carbocycles. The van der Waals surface area contributed by atoms with Crippen molar-refractivity contribution < 1.29 is 9.94 Å². The molecule has 0 fully saturated rings. The van der Waals surface area contributed by atoms with E-state index in [0.717, 1.165) is 11.3 Å². The maximum atomic E-state index is 9.44. The Morgan fingerprint density at radius 1 is 1.36 bits per heavy atom. The predicted molar refractivity (Wildman–Crippen MR) is 83.0 cm³/mol. The first-order chi connectivity index (χ1) is 10.5. The van der Waals surface area contributed by atoms with E-state index in [9.17, 15) is 5.11 Å². The summed E-state index contributed by atoms with van der Waals surface area (Å²) >= 11 is 0. The number of amidine groups is 1. The molecule has 0 bridgehead atoms. The zero-order valence-electron chi connectivity index (χ0n) is 12.3. The summed E-state index contributed by atoms with van der Waals surface area (Å²) in [7, 11) is 0. The molecule has 0 saturated carbocycles. The van der Waals surface area contributed by atoms with E-state index < -0.39 is 0 Å². The van der Waals surface area contributed by atoms with Gasteiger partial charge >= 0.3 is 0 Å². The fourth-order valence-corrected chi connectivity index (χ4v) is 2.68. The number of phenols is 1. The molecule has 2 aromatic rings. The fourth-order valence-electron chi connectivity index (χ4n) is 2.68. The summed E-state index contributed by atoms with van der Waals surface area (Å²) in [5.41, 5.74) is 7.82. The zero-order chi connectivity index (χ0) is 15.9. The van der Waals surface area contributed by atoms with Crippen LogP contribution in [0, 0.1) is 5.41 Å². The standard InChI is InChI=1S/C15H17N5O2/c1-8-13(9(2)22-19-8)20-12(14(16)17)7-18-15(20)10-3-5-11(21)6-4-10/h3-7,9,13,21H,1-2H3,(H3,16,17). The molecule has 114 valence electrons. The molecule has 0 amide bonds. The van der Waals surface area contributed by atoms with E-state index in [0.29, 0.717) is 11.5 Å². The second kappa shape index (κ2) is 5.18. The number of nitrogen functional groups attached to an aromatic ring is 1. The van der Waals surface area contributed by atoms with Gasteiger partial charge in [-0.1, -0.05) is 5.16 Å². The lowest BCUT2D eigenvalue weighted by Crippen LogP contribution is -2.29. The molecule has 2 heterocycles. The molecule has 7 nitrogen and oxygen atoms in total. The number of aromatic nitrogens is 2. The quantitative estimate of drug-likeness (QED) is 0.593. The first-order valence-corrected chi connectivity index (χ1v) is 6.90. The number of hydrogen-bond donors (Lipinski definition) is 3. The number of aromatic hydroxyl groups is 1. The van der Waals surface area contributed by atoms with E-state index in [2.05, 4.69) is 10.1 Å². The maximum Gasteiger partial charge on any atom is 0.150 e. The summed E-state index contributed by atoms with van der Waals surface area (Å²) < 4.78 is 1.87. The molecule has 2 atom stereocenters. The zero-order valence-corrected chi connectivity index (χ0v) is 12.3. The molecular formula is C15H17N5O2. The lowest BCUT2D eigenvalue weighted by atomic mass is 10.1. The summed E-state index contributed by atoms with van der Waals surface area (Å²) in [5, 5.41) is 21.2. The molecule has 3 rings (SSSR count). The molecular weight excluding hydrogens is 282 g/mol. The van der Waals surface area contributed by atoms with Crippen LogP contribution in [0.2, 0.25) is 0 Å². The van der Waals surface area contributed by atoms with Gasteiger partial charge in [0.1, 0.15) is 29.1 Å². The molecule has 7 heteroatoms. The van der Waals surface area contributed by atoms with Crippen molar-refractivity contribution in [2.24, 2.45) is 10.9 Å². The van der Waals surface area contributed by atoms with Crippen LogP contribution in [-0.4, -0.2) is 32.3 Å². The van der Waals surface area contributed by atoms with Crippen molar-refractivity contribution in [3.05, 3.63) is 36.2 Å². The van der Waals surface area contributed by atoms with Crippen LogP contribution in [0.1, 0.15) is 25.6 Å². The minimum Gasteiger partial charge on any atom is -0.508 e. The van der Waals surface area contributed by atoms with Crippen molar-refractivity contribution in [1.82, 2.24) is 9.55 Å². The third kappa shape index (κ3) is 2.20. The molecule has 0 radical (unpaired) electrons. The lowest BCUT2D eigenvalue weighted by molar-refractivity contribution is 0.0785. The van der Waals surface area contributed by atoms with Crippen molar-refractivity contribution in [3.63, 3.8) is 0 Å². The molecule has 1 aliphatic rings. The van der Waals surface area contributed by atoms with Gasteiger partial charge in [-0.15, -0.1) is 0 Å². The van der Waals surface area contributed by atoms with Crippen LogP contribution in [0.5, 0.6) is 5.75 Å². The minimum atomic E-state index is -0.178. The topological polar surface area (TPSA) is 110 Å². The van der Waals surface area contributed by atoms with Crippen LogP contribution < -0.4 is 5.73 Å². The van der Waals surface area contributed by atoms with Gasteiger partial charge < -0.3 is 20.2 Å². The summed E-state index contributed by atoms with van der Waals surface area (Å²) in [4.78, 5) is 9.73. The van der Waals surface area contributed by atoms with Gasteiger partial charge in [-0.3, -0.25) is 5.41 Å². The van der Waals surface area contributed by atoms with E-state index >= 15 is 0 Å².